The van der Waals surface area contributed by atoms with E-state index in [1.54, 1.807) is 0 Å². The van der Waals surface area contributed by atoms with Gasteiger partial charge >= 0.3 is 0 Å². The summed E-state index contributed by atoms with van der Waals surface area (Å²) in [6, 6.07) is 0. The molecule has 0 rings (SSSR count). The Morgan fingerprint density at radius 2 is 1.28 bits per heavy atom. The van der Waals surface area contributed by atoms with Crippen LogP contribution in [0, 0.1) is 0 Å². The van der Waals surface area contributed by atoms with Crippen LogP contribution in [-0.4, -0.2) is 24.2 Å². The van der Waals surface area contributed by atoms with Crippen LogP contribution in [0.1, 0.15) is 80.1 Å². The van der Waals surface area contributed by atoms with Gasteiger partial charge in [-0.15, -0.1) is 0 Å². The third kappa shape index (κ3) is 6.75. The summed E-state index contributed by atoms with van der Waals surface area (Å²) in [4.78, 5) is 0. The largest absolute Gasteiger partial charge is 0.312 e. The van der Waals surface area contributed by atoms with E-state index in [0.717, 1.165) is 13.1 Å². The summed E-state index contributed by atoms with van der Waals surface area (Å²) >= 11 is 0. The minimum Gasteiger partial charge on any atom is -0.312 e. The summed E-state index contributed by atoms with van der Waals surface area (Å²) in [6.45, 7) is 15.9. The maximum atomic E-state index is 3.71. The van der Waals surface area contributed by atoms with E-state index in [0.29, 0.717) is 11.1 Å². The molecular weight excluding hydrogens is 220 g/mol. The summed E-state index contributed by atoms with van der Waals surface area (Å²) < 4.78 is 0. The summed E-state index contributed by atoms with van der Waals surface area (Å²) in [5.74, 6) is 0. The van der Waals surface area contributed by atoms with Crippen LogP contribution in [-0.2, 0) is 0 Å². The highest BCUT2D eigenvalue weighted by Crippen LogP contribution is 2.18. The molecule has 18 heavy (non-hydrogen) atoms. The fourth-order valence-corrected chi connectivity index (χ4v) is 2.35. The average Bonchev–Trinajstić information content (AvgIpc) is 2.38. The minimum atomic E-state index is 0.341. The number of unbranched alkanes of at least 4 members (excludes halogenated alkanes) is 1. The predicted molar refractivity (Wildman–Crippen MR) is 83.2 cm³/mol. The zero-order chi connectivity index (χ0) is 14.1. The highest BCUT2D eigenvalue weighted by Gasteiger charge is 2.20. The molecule has 0 aromatic rings. The molecule has 0 saturated heterocycles. The van der Waals surface area contributed by atoms with Crippen LogP contribution >= 0.6 is 0 Å². The molecule has 2 nitrogen and oxygen atoms in total. The van der Waals surface area contributed by atoms with E-state index in [-0.39, 0.29) is 0 Å². The van der Waals surface area contributed by atoms with Crippen molar-refractivity contribution in [3.8, 4) is 0 Å². The molecular formula is C16H36N2. The van der Waals surface area contributed by atoms with Crippen molar-refractivity contribution in [2.75, 3.05) is 13.1 Å². The fourth-order valence-electron chi connectivity index (χ4n) is 2.35. The van der Waals surface area contributed by atoms with Gasteiger partial charge in [0.25, 0.3) is 0 Å². The van der Waals surface area contributed by atoms with E-state index in [2.05, 4.69) is 52.2 Å². The van der Waals surface area contributed by atoms with Gasteiger partial charge in [-0.25, -0.2) is 0 Å². The molecule has 0 radical (unpaired) electrons. The second-order valence-electron chi connectivity index (χ2n) is 6.10. The van der Waals surface area contributed by atoms with Crippen LogP contribution in [0.25, 0.3) is 0 Å². The van der Waals surface area contributed by atoms with Crippen LogP contribution in [0.4, 0.5) is 0 Å². The van der Waals surface area contributed by atoms with Crippen LogP contribution in [0.15, 0.2) is 0 Å². The molecule has 0 aromatic carbocycles. The number of nitrogens with one attached hydrogen (secondary N) is 2. The van der Waals surface area contributed by atoms with Crippen molar-refractivity contribution in [1.29, 1.82) is 0 Å². The molecule has 0 saturated carbocycles. The van der Waals surface area contributed by atoms with E-state index in [1.807, 2.05) is 0 Å². The molecule has 0 aliphatic heterocycles. The van der Waals surface area contributed by atoms with Gasteiger partial charge in [-0.3, -0.25) is 0 Å². The maximum Gasteiger partial charge on any atom is 0.0150 e. The topological polar surface area (TPSA) is 24.1 Å². The number of hydrogen-bond acceptors (Lipinski definition) is 2. The lowest BCUT2D eigenvalue weighted by Crippen LogP contribution is -2.43. The molecule has 0 fully saturated rings. The number of rotatable bonds is 11. The highest BCUT2D eigenvalue weighted by atomic mass is 15.0. The van der Waals surface area contributed by atoms with Crippen molar-refractivity contribution >= 4 is 0 Å². The van der Waals surface area contributed by atoms with Gasteiger partial charge in [0.1, 0.15) is 0 Å². The summed E-state index contributed by atoms with van der Waals surface area (Å²) in [5, 5.41) is 7.33. The van der Waals surface area contributed by atoms with Gasteiger partial charge in [0.2, 0.25) is 0 Å². The van der Waals surface area contributed by atoms with E-state index in [1.165, 1.54) is 38.5 Å². The molecule has 110 valence electrons. The Hall–Kier alpha value is -0.0800. The third-order valence-corrected chi connectivity index (χ3v) is 4.65. The molecule has 1 atom stereocenters. The van der Waals surface area contributed by atoms with Crippen LogP contribution in [0.2, 0.25) is 0 Å². The third-order valence-electron chi connectivity index (χ3n) is 4.65. The summed E-state index contributed by atoms with van der Waals surface area (Å²) in [6.07, 6.45) is 7.54. The monoisotopic (exact) mass is 256 g/mol. The lowest BCUT2D eigenvalue weighted by Gasteiger charge is -2.31. The summed E-state index contributed by atoms with van der Waals surface area (Å²) in [5.41, 5.74) is 0.684. The summed E-state index contributed by atoms with van der Waals surface area (Å²) in [7, 11) is 0. The van der Waals surface area contributed by atoms with Gasteiger partial charge in [-0.05, 0) is 59.0 Å². The van der Waals surface area contributed by atoms with Gasteiger partial charge in [0, 0.05) is 11.1 Å². The average molecular weight is 256 g/mol. The fraction of sp³-hybridized carbons (Fsp3) is 1.00. The Kier molecular flexibility index (Phi) is 8.89. The highest BCUT2D eigenvalue weighted by molar-refractivity contribution is 4.82. The lowest BCUT2D eigenvalue weighted by atomic mass is 9.91. The van der Waals surface area contributed by atoms with Crippen molar-refractivity contribution in [2.45, 2.75) is 91.1 Å². The van der Waals surface area contributed by atoms with Crippen molar-refractivity contribution in [3.63, 3.8) is 0 Å². The van der Waals surface area contributed by atoms with Gasteiger partial charge in [0.15, 0.2) is 0 Å². The van der Waals surface area contributed by atoms with Gasteiger partial charge in [-0.1, -0.05) is 34.1 Å². The first-order valence-corrected chi connectivity index (χ1v) is 7.95. The van der Waals surface area contributed by atoms with Gasteiger partial charge < -0.3 is 10.6 Å². The van der Waals surface area contributed by atoms with E-state index >= 15 is 0 Å². The molecule has 0 bridgehead atoms. The molecule has 0 aromatic heterocycles. The Bertz CT molecular complexity index is 199. The second kappa shape index (κ2) is 8.92. The Labute approximate surface area is 115 Å². The first-order valence-electron chi connectivity index (χ1n) is 7.95. The first kappa shape index (κ1) is 17.9. The first-order chi connectivity index (χ1) is 8.45. The molecule has 2 N–H and O–H groups in total. The molecule has 0 heterocycles. The van der Waals surface area contributed by atoms with E-state index < -0.39 is 0 Å². The maximum absolute atomic E-state index is 3.71. The normalized spacial score (nSPS) is 15.7. The van der Waals surface area contributed by atoms with Crippen LogP contribution in [0.5, 0.6) is 0 Å². The lowest BCUT2D eigenvalue weighted by molar-refractivity contribution is 0.300. The predicted octanol–water partition coefficient (Wildman–Crippen LogP) is 4.10. The van der Waals surface area contributed by atoms with E-state index in [4.69, 9.17) is 0 Å². The standard InChI is InChI=1S/C16H36N2/c1-7-15(5,8-2)18-14-12-11-13-16(6,9-3)17-10-4/h17-18H,7-14H2,1-6H3. The van der Waals surface area contributed by atoms with Gasteiger partial charge in [-0.2, -0.15) is 0 Å². The van der Waals surface area contributed by atoms with Crippen molar-refractivity contribution < 1.29 is 0 Å². The molecule has 0 spiro atoms. The second-order valence-corrected chi connectivity index (χ2v) is 6.10. The van der Waals surface area contributed by atoms with Crippen LogP contribution in [0.3, 0.4) is 0 Å². The Morgan fingerprint density at radius 3 is 1.72 bits per heavy atom. The molecule has 2 heteroatoms. The van der Waals surface area contributed by atoms with Crippen LogP contribution < -0.4 is 10.6 Å². The molecule has 0 aliphatic carbocycles. The van der Waals surface area contributed by atoms with Gasteiger partial charge in [0.05, 0.1) is 0 Å². The quantitative estimate of drug-likeness (QED) is 0.544. The molecule has 0 aliphatic rings. The SMILES string of the molecule is CCNC(C)(CC)CCCCNC(C)(CC)CC. The number of hydrogen-bond donors (Lipinski definition) is 2. The Morgan fingerprint density at radius 1 is 0.722 bits per heavy atom. The van der Waals surface area contributed by atoms with Crippen molar-refractivity contribution in [3.05, 3.63) is 0 Å². The van der Waals surface area contributed by atoms with Crippen molar-refractivity contribution in [2.24, 2.45) is 0 Å². The zero-order valence-corrected chi connectivity index (χ0v) is 13.7. The molecule has 0 amide bonds. The van der Waals surface area contributed by atoms with Crippen molar-refractivity contribution in [1.82, 2.24) is 10.6 Å². The zero-order valence-electron chi connectivity index (χ0n) is 13.7. The van der Waals surface area contributed by atoms with E-state index in [9.17, 15) is 0 Å². The minimum absolute atomic E-state index is 0.341. The smallest absolute Gasteiger partial charge is 0.0150 e. The molecule has 1 unspecified atom stereocenters. The Balaban J connectivity index is 3.79.